The number of carbonyl (C=O) groups is 1. The van der Waals surface area contributed by atoms with Crippen molar-refractivity contribution in [3.05, 3.63) is 59.2 Å². The Morgan fingerprint density at radius 3 is 2.95 bits per heavy atom. The smallest absolute Gasteiger partial charge is 0.335 e. The van der Waals surface area contributed by atoms with Crippen molar-refractivity contribution < 1.29 is 14.3 Å². The van der Waals surface area contributed by atoms with E-state index in [9.17, 15) is 9.18 Å². The summed E-state index contributed by atoms with van der Waals surface area (Å²) in [5.41, 5.74) is 3.08. The summed E-state index contributed by atoms with van der Waals surface area (Å²) in [6.45, 7) is 1.33. The SMILES string of the molecule is O=C(O)c1ccc2c(c1)N(Cc1cncc(F)c1)CC2. The van der Waals surface area contributed by atoms with E-state index in [0.29, 0.717) is 6.54 Å². The lowest BCUT2D eigenvalue weighted by atomic mass is 10.1. The van der Waals surface area contributed by atoms with Crippen molar-refractivity contribution in [1.29, 1.82) is 0 Å². The number of halogens is 1. The Morgan fingerprint density at radius 2 is 2.20 bits per heavy atom. The number of hydrogen-bond donors (Lipinski definition) is 1. The average molecular weight is 272 g/mol. The molecule has 0 saturated heterocycles. The van der Waals surface area contributed by atoms with Crippen molar-refractivity contribution in [2.24, 2.45) is 0 Å². The summed E-state index contributed by atoms with van der Waals surface area (Å²) >= 11 is 0. The van der Waals surface area contributed by atoms with Gasteiger partial charge in [0, 0.05) is 25.0 Å². The van der Waals surface area contributed by atoms with Gasteiger partial charge >= 0.3 is 5.97 Å². The maximum atomic E-state index is 13.1. The molecule has 3 rings (SSSR count). The molecule has 0 unspecified atom stereocenters. The van der Waals surface area contributed by atoms with Gasteiger partial charge in [0.25, 0.3) is 0 Å². The minimum Gasteiger partial charge on any atom is -0.478 e. The van der Waals surface area contributed by atoms with Gasteiger partial charge in [0.2, 0.25) is 0 Å². The number of nitrogens with zero attached hydrogens (tertiary/aromatic N) is 2. The number of aromatic carboxylic acids is 1. The first-order valence-electron chi connectivity index (χ1n) is 6.34. The Kier molecular flexibility index (Phi) is 3.10. The zero-order chi connectivity index (χ0) is 14.1. The van der Waals surface area contributed by atoms with E-state index in [1.54, 1.807) is 18.3 Å². The molecule has 0 radical (unpaired) electrons. The van der Waals surface area contributed by atoms with Gasteiger partial charge in [-0.25, -0.2) is 9.18 Å². The standard InChI is InChI=1S/C15H13FN2O2/c16-13-5-10(7-17-8-13)9-18-4-3-11-1-2-12(15(19)20)6-14(11)18/h1-2,5-8H,3-4,9H2,(H,19,20). The highest BCUT2D eigenvalue weighted by molar-refractivity contribution is 5.89. The maximum absolute atomic E-state index is 13.1. The molecule has 0 spiro atoms. The molecule has 1 aromatic carbocycles. The lowest BCUT2D eigenvalue weighted by Crippen LogP contribution is -2.20. The number of carboxylic acids is 1. The van der Waals surface area contributed by atoms with Crippen molar-refractivity contribution in [3.8, 4) is 0 Å². The predicted molar refractivity (Wildman–Crippen MR) is 72.4 cm³/mol. The van der Waals surface area contributed by atoms with Crippen LogP contribution in [0.25, 0.3) is 0 Å². The van der Waals surface area contributed by atoms with Crippen molar-refractivity contribution in [2.45, 2.75) is 13.0 Å². The highest BCUT2D eigenvalue weighted by Gasteiger charge is 2.20. The van der Waals surface area contributed by atoms with Gasteiger partial charge in [0.15, 0.2) is 0 Å². The molecular formula is C15H13FN2O2. The van der Waals surface area contributed by atoms with Crippen LogP contribution in [0.5, 0.6) is 0 Å². The molecule has 0 amide bonds. The van der Waals surface area contributed by atoms with Gasteiger partial charge in [0.1, 0.15) is 5.82 Å². The molecule has 2 heterocycles. The monoisotopic (exact) mass is 272 g/mol. The number of pyridine rings is 1. The van der Waals surface area contributed by atoms with Crippen molar-refractivity contribution in [2.75, 3.05) is 11.4 Å². The summed E-state index contributed by atoms with van der Waals surface area (Å²) in [4.78, 5) is 16.9. The molecule has 1 aromatic heterocycles. The quantitative estimate of drug-likeness (QED) is 0.932. The molecule has 0 saturated carbocycles. The second-order valence-corrected chi connectivity index (χ2v) is 4.83. The molecule has 0 bridgehead atoms. The van der Waals surface area contributed by atoms with Crippen LogP contribution >= 0.6 is 0 Å². The second kappa shape index (κ2) is 4.92. The minimum absolute atomic E-state index is 0.271. The Labute approximate surface area is 115 Å². The van der Waals surface area contributed by atoms with E-state index < -0.39 is 5.97 Å². The normalized spacial score (nSPS) is 13.3. The summed E-state index contributed by atoms with van der Waals surface area (Å²) < 4.78 is 13.1. The topological polar surface area (TPSA) is 53.4 Å². The summed E-state index contributed by atoms with van der Waals surface area (Å²) in [6.07, 6.45) is 3.67. The van der Waals surface area contributed by atoms with E-state index in [0.717, 1.165) is 29.8 Å². The van der Waals surface area contributed by atoms with Gasteiger partial charge in [-0.3, -0.25) is 4.98 Å². The fourth-order valence-corrected chi connectivity index (χ4v) is 2.51. The Morgan fingerprint density at radius 1 is 1.35 bits per heavy atom. The van der Waals surface area contributed by atoms with E-state index in [1.165, 1.54) is 12.3 Å². The second-order valence-electron chi connectivity index (χ2n) is 4.83. The molecule has 0 fully saturated rings. The summed E-state index contributed by atoms with van der Waals surface area (Å²) in [5, 5.41) is 9.05. The summed E-state index contributed by atoms with van der Waals surface area (Å²) in [5.74, 6) is -1.30. The highest BCUT2D eigenvalue weighted by Crippen LogP contribution is 2.30. The van der Waals surface area contributed by atoms with E-state index in [2.05, 4.69) is 9.88 Å². The number of rotatable bonds is 3. The molecule has 1 aliphatic heterocycles. The lowest BCUT2D eigenvalue weighted by molar-refractivity contribution is 0.0697. The molecule has 0 atom stereocenters. The molecule has 4 nitrogen and oxygen atoms in total. The van der Waals surface area contributed by atoms with Crippen LogP contribution in [0.3, 0.4) is 0 Å². The van der Waals surface area contributed by atoms with E-state index >= 15 is 0 Å². The van der Waals surface area contributed by atoms with Gasteiger partial charge in [-0.05, 0) is 35.7 Å². The molecule has 0 aliphatic carbocycles. The molecule has 102 valence electrons. The van der Waals surface area contributed by atoms with Gasteiger partial charge in [-0.15, -0.1) is 0 Å². The first-order valence-corrected chi connectivity index (χ1v) is 6.34. The lowest BCUT2D eigenvalue weighted by Gasteiger charge is -2.19. The molecule has 20 heavy (non-hydrogen) atoms. The predicted octanol–water partition coefficient (Wildman–Crippen LogP) is 2.48. The van der Waals surface area contributed by atoms with Crippen LogP contribution in [0, 0.1) is 5.82 Å². The van der Waals surface area contributed by atoms with E-state index in [1.807, 2.05) is 6.07 Å². The minimum atomic E-state index is -0.938. The Hall–Kier alpha value is -2.43. The van der Waals surface area contributed by atoms with Crippen molar-refractivity contribution in [1.82, 2.24) is 4.98 Å². The molecule has 1 aliphatic rings. The van der Waals surface area contributed by atoms with Gasteiger partial charge in [-0.2, -0.15) is 0 Å². The van der Waals surface area contributed by atoms with E-state index in [4.69, 9.17) is 5.11 Å². The fourth-order valence-electron chi connectivity index (χ4n) is 2.51. The van der Waals surface area contributed by atoms with Crippen LogP contribution in [0.2, 0.25) is 0 Å². The van der Waals surface area contributed by atoms with Gasteiger partial charge in [-0.1, -0.05) is 6.07 Å². The third-order valence-electron chi connectivity index (χ3n) is 3.46. The number of fused-ring (bicyclic) bond motifs is 1. The third kappa shape index (κ3) is 2.34. The maximum Gasteiger partial charge on any atom is 0.335 e. The fraction of sp³-hybridized carbons (Fsp3) is 0.200. The average Bonchev–Trinajstić information content (AvgIpc) is 2.81. The van der Waals surface area contributed by atoms with Crippen LogP contribution in [0.15, 0.2) is 36.7 Å². The first kappa shape index (κ1) is 12.6. The zero-order valence-electron chi connectivity index (χ0n) is 10.7. The largest absolute Gasteiger partial charge is 0.478 e. The van der Waals surface area contributed by atoms with Crippen molar-refractivity contribution in [3.63, 3.8) is 0 Å². The molecule has 2 aromatic rings. The van der Waals surface area contributed by atoms with Gasteiger partial charge < -0.3 is 10.0 Å². The molecular weight excluding hydrogens is 259 g/mol. The number of benzene rings is 1. The van der Waals surface area contributed by atoms with E-state index in [-0.39, 0.29) is 11.4 Å². The molecule has 1 N–H and O–H groups in total. The Balaban J connectivity index is 1.88. The van der Waals surface area contributed by atoms with Crippen LogP contribution in [0.4, 0.5) is 10.1 Å². The van der Waals surface area contributed by atoms with Gasteiger partial charge in [0.05, 0.1) is 11.8 Å². The first-order chi connectivity index (χ1) is 9.63. The number of carboxylic acid groups (broad SMARTS) is 1. The number of aromatic nitrogens is 1. The number of anilines is 1. The number of hydrogen-bond acceptors (Lipinski definition) is 3. The van der Waals surface area contributed by atoms with Crippen LogP contribution in [0.1, 0.15) is 21.5 Å². The zero-order valence-corrected chi connectivity index (χ0v) is 10.7. The summed E-state index contributed by atoms with van der Waals surface area (Å²) in [6, 6.07) is 6.60. The van der Waals surface area contributed by atoms with Crippen LogP contribution in [-0.2, 0) is 13.0 Å². The third-order valence-corrected chi connectivity index (χ3v) is 3.46. The van der Waals surface area contributed by atoms with Crippen LogP contribution in [-0.4, -0.2) is 22.6 Å². The summed E-state index contributed by atoms with van der Waals surface area (Å²) in [7, 11) is 0. The van der Waals surface area contributed by atoms with Crippen LogP contribution < -0.4 is 4.90 Å². The Bertz CT molecular complexity index is 673. The van der Waals surface area contributed by atoms with Crippen molar-refractivity contribution >= 4 is 11.7 Å². The highest BCUT2D eigenvalue weighted by atomic mass is 19.1. The molecule has 5 heteroatoms.